The lowest BCUT2D eigenvalue weighted by atomic mass is 10.00. The van der Waals surface area contributed by atoms with E-state index in [4.69, 9.17) is 0 Å². The molecule has 1 aromatic rings. The molecule has 1 aromatic carbocycles. The summed E-state index contributed by atoms with van der Waals surface area (Å²) < 4.78 is 0. The molecule has 2 heterocycles. The fraction of sp³-hybridized carbons (Fsp3) is 0.471. The number of urea groups is 1. The molecular weight excluding hydrogens is 294 g/mol. The zero-order valence-corrected chi connectivity index (χ0v) is 13.3. The highest BCUT2D eigenvalue weighted by atomic mass is 16.2. The molecule has 0 unspecified atom stereocenters. The zero-order valence-electron chi connectivity index (χ0n) is 13.3. The van der Waals surface area contributed by atoms with Crippen molar-refractivity contribution < 1.29 is 14.4 Å². The van der Waals surface area contributed by atoms with E-state index >= 15 is 0 Å². The highest BCUT2D eigenvalue weighted by molar-refractivity contribution is 6.44. The number of imide groups is 2. The lowest BCUT2D eigenvalue weighted by Gasteiger charge is -2.32. The molecule has 2 saturated heterocycles. The molecule has 4 amide bonds. The van der Waals surface area contributed by atoms with E-state index in [0.29, 0.717) is 5.92 Å². The molecule has 6 nitrogen and oxygen atoms in total. The summed E-state index contributed by atoms with van der Waals surface area (Å²) in [5.41, 5.74) is 0.829. The number of piperidine rings is 1. The number of likely N-dealkylation sites (tertiary alicyclic amines) is 1. The summed E-state index contributed by atoms with van der Waals surface area (Å²) in [7, 11) is 0. The van der Waals surface area contributed by atoms with Crippen LogP contribution in [0.2, 0.25) is 0 Å². The molecule has 0 spiro atoms. The molecule has 0 atom stereocenters. The van der Waals surface area contributed by atoms with Crippen molar-refractivity contribution >= 4 is 17.8 Å². The zero-order chi connectivity index (χ0) is 16.4. The van der Waals surface area contributed by atoms with Gasteiger partial charge in [0.1, 0.15) is 0 Å². The second-order valence-corrected chi connectivity index (χ2v) is 6.33. The average molecular weight is 315 g/mol. The number of nitrogens with zero attached hydrogens (tertiary/aromatic N) is 3. The Bertz CT molecular complexity index is 609. The van der Waals surface area contributed by atoms with Gasteiger partial charge in [0.15, 0.2) is 0 Å². The Balaban J connectivity index is 1.67. The number of rotatable bonds is 4. The van der Waals surface area contributed by atoms with E-state index in [2.05, 4.69) is 11.8 Å². The fourth-order valence-corrected chi connectivity index (χ4v) is 2.98. The van der Waals surface area contributed by atoms with Gasteiger partial charge < -0.3 is 0 Å². The van der Waals surface area contributed by atoms with Gasteiger partial charge in [-0.15, -0.1) is 0 Å². The molecular formula is C17H21N3O3. The summed E-state index contributed by atoms with van der Waals surface area (Å²) >= 11 is 0. The molecule has 0 N–H and O–H groups in total. The topological polar surface area (TPSA) is 60.9 Å². The molecule has 0 aromatic heterocycles. The van der Waals surface area contributed by atoms with Crippen molar-refractivity contribution in [3.05, 3.63) is 35.9 Å². The van der Waals surface area contributed by atoms with E-state index in [1.165, 1.54) is 0 Å². The number of carbonyl (C=O) groups is 3. The maximum Gasteiger partial charge on any atom is 0.335 e. The number of hydrogen-bond acceptors (Lipinski definition) is 4. The first-order valence-corrected chi connectivity index (χ1v) is 8.00. The lowest BCUT2D eigenvalue weighted by molar-refractivity contribution is -0.144. The predicted octanol–water partition coefficient (Wildman–Crippen LogP) is 1.67. The van der Waals surface area contributed by atoms with Crippen LogP contribution in [-0.4, -0.2) is 52.3 Å². The summed E-state index contributed by atoms with van der Waals surface area (Å²) in [6.45, 7) is 4.25. The first-order valence-electron chi connectivity index (χ1n) is 8.00. The Kier molecular flexibility index (Phi) is 4.43. The lowest BCUT2D eigenvalue weighted by Crippen LogP contribution is -2.45. The van der Waals surface area contributed by atoms with Crippen molar-refractivity contribution in [3.8, 4) is 0 Å². The normalized spacial score (nSPS) is 20.7. The minimum Gasteiger partial charge on any atom is -0.285 e. The largest absolute Gasteiger partial charge is 0.335 e. The van der Waals surface area contributed by atoms with E-state index in [0.717, 1.165) is 41.3 Å². The van der Waals surface area contributed by atoms with Crippen molar-refractivity contribution in [2.45, 2.75) is 26.3 Å². The summed E-state index contributed by atoms with van der Waals surface area (Å²) in [5, 5.41) is 0. The third-order valence-corrected chi connectivity index (χ3v) is 4.54. The summed E-state index contributed by atoms with van der Waals surface area (Å²) in [4.78, 5) is 40.9. The Labute approximate surface area is 135 Å². The SMILES string of the molecule is CC1CCN(CN2C(=O)C(=O)N(Cc3ccccc3)C2=O)CC1. The van der Waals surface area contributed by atoms with Crippen molar-refractivity contribution in [1.29, 1.82) is 0 Å². The number of carbonyl (C=O) groups excluding carboxylic acids is 3. The summed E-state index contributed by atoms with van der Waals surface area (Å²) in [6.07, 6.45) is 2.11. The molecule has 2 aliphatic rings. The average Bonchev–Trinajstić information content (AvgIpc) is 2.76. The van der Waals surface area contributed by atoms with Crippen LogP contribution in [0.4, 0.5) is 4.79 Å². The van der Waals surface area contributed by atoms with Gasteiger partial charge in [-0.3, -0.25) is 19.4 Å². The minimum absolute atomic E-state index is 0.137. The van der Waals surface area contributed by atoms with Gasteiger partial charge in [-0.05, 0) is 24.3 Å². The van der Waals surface area contributed by atoms with Gasteiger partial charge in [0.05, 0.1) is 13.2 Å². The summed E-state index contributed by atoms with van der Waals surface area (Å²) in [6, 6.07) is 8.71. The molecule has 6 heteroatoms. The van der Waals surface area contributed by atoms with Crippen LogP contribution in [0, 0.1) is 5.92 Å². The maximum atomic E-state index is 12.5. The van der Waals surface area contributed by atoms with Gasteiger partial charge in [-0.25, -0.2) is 9.69 Å². The van der Waals surface area contributed by atoms with Gasteiger partial charge in [-0.1, -0.05) is 37.3 Å². The molecule has 0 saturated carbocycles. The molecule has 2 aliphatic heterocycles. The van der Waals surface area contributed by atoms with Crippen LogP contribution in [0.15, 0.2) is 30.3 Å². The molecule has 122 valence electrons. The van der Waals surface area contributed by atoms with Crippen molar-refractivity contribution in [1.82, 2.24) is 14.7 Å². The van der Waals surface area contributed by atoms with Crippen LogP contribution in [0.25, 0.3) is 0 Å². The smallest absolute Gasteiger partial charge is 0.285 e. The van der Waals surface area contributed by atoms with E-state index < -0.39 is 17.8 Å². The van der Waals surface area contributed by atoms with Crippen LogP contribution in [0.3, 0.4) is 0 Å². The first-order chi connectivity index (χ1) is 11.1. The van der Waals surface area contributed by atoms with Crippen molar-refractivity contribution in [3.63, 3.8) is 0 Å². The second kappa shape index (κ2) is 6.50. The number of hydrogen-bond donors (Lipinski definition) is 0. The van der Waals surface area contributed by atoms with E-state index in [9.17, 15) is 14.4 Å². The van der Waals surface area contributed by atoms with Gasteiger partial charge in [-0.2, -0.15) is 0 Å². The fourth-order valence-electron chi connectivity index (χ4n) is 2.98. The van der Waals surface area contributed by atoms with Crippen molar-refractivity contribution in [2.75, 3.05) is 19.8 Å². The van der Waals surface area contributed by atoms with Gasteiger partial charge in [0.2, 0.25) is 0 Å². The Morgan fingerprint density at radius 1 is 0.957 bits per heavy atom. The Morgan fingerprint density at radius 2 is 1.57 bits per heavy atom. The van der Waals surface area contributed by atoms with Gasteiger partial charge in [0, 0.05) is 13.1 Å². The Hall–Kier alpha value is -2.21. The van der Waals surface area contributed by atoms with Crippen LogP contribution < -0.4 is 0 Å². The minimum atomic E-state index is -0.732. The molecule has 3 rings (SSSR count). The van der Waals surface area contributed by atoms with Gasteiger partial charge in [0.25, 0.3) is 0 Å². The molecule has 0 bridgehead atoms. The number of amides is 4. The van der Waals surface area contributed by atoms with Crippen molar-refractivity contribution in [2.24, 2.45) is 5.92 Å². The van der Waals surface area contributed by atoms with Crippen LogP contribution in [0.5, 0.6) is 0 Å². The van der Waals surface area contributed by atoms with Gasteiger partial charge >= 0.3 is 17.8 Å². The standard InChI is InChI=1S/C17H21N3O3/c1-13-7-9-18(10-8-13)12-20-16(22)15(21)19(17(20)23)11-14-5-3-2-4-6-14/h2-6,13H,7-12H2,1H3. The van der Waals surface area contributed by atoms with E-state index in [1.807, 2.05) is 30.3 Å². The highest BCUT2D eigenvalue weighted by Crippen LogP contribution is 2.20. The van der Waals surface area contributed by atoms with Crippen LogP contribution in [-0.2, 0) is 16.1 Å². The third kappa shape index (κ3) is 3.27. The van der Waals surface area contributed by atoms with Crippen LogP contribution in [0.1, 0.15) is 25.3 Å². The molecule has 0 radical (unpaired) electrons. The molecule has 2 fully saturated rings. The first kappa shape index (κ1) is 15.7. The predicted molar refractivity (Wildman–Crippen MR) is 84.1 cm³/mol. The quantitative estimate of drug-likeness (QED) is 0.626. The maximum absolute atomic E-state index is 12.5. The number of benzene rings is 1. The third-order valence-electron chi connectivity index (χ3n) is 4.54. The van der Waals surface area contributed by atoms with Crippen LogP contribution >= 0.6 is 0 Å². The van der Waals surface area contributed by atoms with E-state index in [1.54, 1.807) is 0 Å². The monoisotopic (exact) mass is 315 g/mol. The van der Waals surface area contributed by atoms with E-state index in [-0.39, 0.29) is 13.2 Å². The molecule has 0 aliphatic carbocycles. The highest BCUT2D eigenvalue weighted by Gasteiger charge is 2.45. The Morgan fingerprint density at radius 3 is 2.22 bits per heavy atom. The second-order valence-electron chi connectivity index (χ2n) is 6.33. The summed E-state index contributed by atoms with van der Waals surface area (Å²) in [5.74, 6) is -0.777. The molecule has 23 heavy (non-hydrogen) atoms.